The predicted octanol–water partition coefficient (Wildman–Crippen LogP) is 1.21. The lowest BCUT2D eigenvalue weighted by molar-refractivity contribution is 0.0154. The molecule has 5 heteroatoms. The van der Waals surface area contributed by atoms with Gasteiger partial charge in [-0.25, -0.2) is 0 Å². The Balaban J connectivity index is 2.37. The second-order valence-corrected chi connectivity index (χ2v) is 4.03. The van der Waals surface area contributed by atoms with Crippen molar-refractivity contribution in [1.29, 1.82) is 0 Å². The number of aliphatic hydroxyl groups is 1. The van der Waals surface area contributed by atoms with E-state index in [2.05, 4.69) is 5.32 Å². The minimum Gasteiger partial charge on any atom is -0.497 e. The number of carbonyl (C=O) groups excluding carboxylic acids is 1. The highest BCUT2D eigenvalue weighted by Crippen LogP contribution is 2.11. The van der Waals surface area contributed by atoms with Gasteiger partial charge in [0.05, 0.1) is 19.8 Å². The fraction of sp³-hybridized carbons (Fsp3) is 0.500. The highest BCUT2D eigenvalue weighted by atomic mass is 16.5. The molecular weight excluding hydrogens is 246 g/mol. The van der Waals surface area contributed by atoms with E-state index in [4.69, 9.17) is 14.6 Å². The van der Waals surface area contributed by atoms with E-state index in [-0.39, 0.29) is 18.6 Å². The Bertz CT molecular complexity index is 378. The lowest BCUT2D eigenvalue weighted by Crippen LogP contribution is -2.29. The normalized spacial score (nSPS) is 11.9. The first-order valence-electron chi connectivity index (χ1n) is 6.36. The number of methoxy groups -OCH3 is 1. The van der Waals surface area contributed by atoms with Crippen molar-refractivity contribution in [2.45, 2.75) is 19.4 Å². The van der Waals surface area contributed by atoms with E-state index >= 15 is 0 Å². The third kappa shape index (κ3) is 5.28. The van der Waals surface area contributed by atoms with Gasteiger partial charge in [-0.1, -0.05) is 0 Å². The largest absolute Gasteiger partial charge is 0.497 e. The molecule has 1 aromatic carbocycles. The summed E-state index contributed by atoms with van der Waals surface area (Å²) >= 11 is 0. The molecule has 5 nitrogen and oxygen atoms in total. The van der Waals surface area contributed by atoms with Crippen molar-refractivity contribution in [3.8, 4) is 5.75 Å². The average Bonchev–Trinajstić information content (AvgIpc) is 2.46. The molecule has 0 heterocycles. The number of benzene rings is 1. The van der Waals surface area contributed by atoms with Gasteiger partial charge in [-0.05, 0) is 37.6 Å². The molecule has 106 valence electrons. The van der Waals surface area contributed by atoms with Crippen LogP contribution in [-0.4, -0.2) is 44.0 Å². The molecule has 1 amide bonds. The highest BCUT2D eigenvalue weighted by molar-refractivity contribution is 5.94. The summed E-state index contributed by atoms with van der Waals surface area (Å²) in [6.07, 6.45) is 0.368. The van der Waals surface area contributed by atoms with Gasteiger partial charge in [0.25, 0.3) is 5.91 Å². The number of amides is 1. The van der Waals surface area contributed by atoms with Crippen LogP contribution >= 0.6 is 0 Å². The number of ether oxygens (including phenoxy) is 2. The van der Waals surface area contributed by atoms with Gasteiger partial charge in [-0.15, -0.1) is 0 Å². The Morgan fingerprint density at radius 3 is 2.58 bits per heavy atom. The predicted molar refractivity (Wildman–Crippen MR) is 72.4 cm³/mol. The van der Waals surface area contributed by atoms with Gasteiger partial charge in [-0.3, -0.25) is 4.79 Å². The van der Waals surface area contributed by atoms with Gasteiger partial charge in [0.1, 0.15) is 5.75 Å². The number of rotatable bonds is 8. The van der Waals surface area contributed by atoms with Gasteiger partial charge in [0.2, 0.25) is 0 Å². The van der Waals surface area contributed by atoms with Crippen LogP contribution < -0.4 is 10.1 Å². The summed E-state index contributed by atoms with van der Waals surface area (Å²) in [6, 6.07) is 6.90. The molecule has 0 saturated heterocycles. The van der Waals surface area contributed by atoms with E-state index in [0.717, 1.165) is 0 Å². The van der Waals surface area contributed by atoms with Crippen LogP contribution in [0.3, 0.4) is 0 Å². The van der Waals surface area contributed by atoms with Crippen LogP contribution in [0.25, 0.3) is 0 Å². The van der Waals surface area contributed by atoms with Gasteiger partial charge in [-0.2, -0.15) is 0 Å². The van der Waals surface area contributed by atoms with Crippen LogP contribution in [-0.2, 0) is 4.74 Å². The van der Waals surface area contributed by atoms with Crippen LogP contribution in [0, 0.1) is 0 Å². The molecule has 0 spiro atoms. The number of aliphatic hydroxyl groups excluding tert-OH is 1. The molecule has 0 aliphatic carbocycles. The maximum Gasteiger partial charge on any atom is 0.251 e. The zero-order valence-electron chi connectivity index (χ0n) is 11.4. The molecule has 0 unspecified atom stereocenters. The second-order valence-electron chi connectivity index (χ2n) is 4.03. The van der Waals surface area contributed by atoms with Crippen molar-refractivity contribution in [1.82, 2.24) is 5.32 Å². The maximum absolute atomic E-state index is 11.8. The Hall–Kier alpha value is -1.59. The van der Waals surface area contributed by atoms with Crippen molar-refractivity contribution in [3.05, 3.63) is 29.8 Å². The van der Waals surface area contributed by atoms with Crippen molar-refractivity contribution >= 4 is 5.91 Å². The third-order valence-electron chi connectivity index (χ3n) is 2.71. The summed E-state index contributed by atoms with van der Waals surface area (Å²) in [7, 11) is 1.58. The first-order valence-corrected chi connectivity index (χ1v) is 6.36. The quantitative estimate of drug-likeness (QED) is 0.743. The van der Waals surface area contributed by atoms with E-state index in [0.29, 0.717) is 30.9 Å². The Labute approximate surface area is 113 Å². The average molecular weight is 267 g/mol. The number of nitrogens with one attached hydrogen (secondary N) is 1. The van der Waals surface area contributed by atoms with Gasteiger partial charge in [0, 0.05) is 18.7 Å². The summed E-state index contributed by atoms with van der Waals surface area (Å²) in [5, 5.41) is 11.8. The summed E-state index contributed by atoms with van der Waals surface area (Å²) in [5.74, 6) is 0.573. The topological polar surface area (TPSA) is 67.8 Å². The Morgan fingerprint density at radius 2 is 2.05 bits per heavy atom. The minimum absolute atomic E-state index is 0.0355. The summed E-state index contributed by atoms with van der Waals surface area (Å²) < 4.78 is 10.3. The molecule has 0 aliphatic rings. The molecule has 1 aromatic rings. The van der Waals surface area contributed by atoms with Crippen LogP contribution in [0.4, 0.5) is 0 Å². The monoisotopic (exact) mass is 267 g/mol. The van der Waals surface area contributed by atoms with E-state index in [1.165, 1.54) is 0 Å². The van der Waals surface area contributed by atoms with Crippen molar-refractivity contribution in [2.75, 3.05) is 26.9 Å². The zero-order valence-corrected chi connectivity index (χ0v) is 11.4. The fourth-order valence-corrected chi connectivity index (χ4v) is 1.65. The van der Waals surface area contributed by atoms with Crippen molar-refractivity contribution in [2.24, 2.45) is 0 Å². The van der Waals surface area contributed by atoms with E-state index in [9.17, 15) is 4.79 Å². The lowest BCUT2D eigenvalue weighted by atomic mass is 10.2. The number of hydrogen-bond acceptors (Lipinski definition) is 4. The van der Waals surface area contributed by atoms with Crippen molar-refractivity contribution in [3.63, 3.8) is 0 Å². The third-order valence-corrected chi connectivity index (χ3v) is 2.71. The van der Waals surface area contributed by atoms with Crippen LogP contribution in [0.1, 0.15) is 23.7 Å². The summed E-state index contributed by atoms with van der Waals surface area (Å²) in [5.41, 5.74) is 0.581. The number of hydrogen-bond donors (Lipinski definition) is 2. The first kappa shape index (κ1) is 15.5. The number of carbonyl (C=O) groups is 1. The minimum atomic E-state index is -0.221. The smallest absolute Gasteiger partial charge is 0.251 e. The summed E-state index contributed by atoms with van der Waals surface area (Å²) in [6.45, 7) is 2.86. The SMILES string of the molecule is CCO[C@H](CO)CCNC(=O)c1ccc(OC)cc1. The molecule has 0 aliphatic heterocycles. The molecule has 19 heavy (non-hydrogen) atoms. The molecule has 2 N–H and O–H groups in total. The van der Waals surface area contributed by atoms with E-state index in [1.54, 1.807) is 31.4 Å². The van der Waals surface area contributed by atoms with Gasteiger partial charge in [0.15, 0.2) is 0 Å². The van der Waals surface area contributed by atoms with E-state index < -0.39 is 0 Å². The zero-order chi connectivity index (χ0) is 14.1. The van der Waals surface area contributed by atoms with Crippen LogP contribution in [0.15, 0.2) is 24.3 Å². The lowest BCUT2D eigenvalue weighted by Gasteiger charge is -2.14. The molecule has 0 saturated carbocycles. The van der Waals surface area contributed by atoms with Crippen molar-refractivity contribution < 1.29 is 19.4 Å². The Morgan fingerprint density at radius 1 is 1.37 bits per heavy atom. The molecule has 0 radical (unpaired) electrons. The van der Waals surface area contributed by atoms with Crippen LogP contribution in [0.5, 0.6) is 5.75 Å². The molecule has 0 aromatic heterocycles. The van der Waals surface area contributed by atoms with Gasteiger partial charge < -0.3 is 19.9 Å². The molecular formula is C14H21NO4. The summed E-state index contributed by atoms with van der Waals surface area (Å²) in [4.78, 5) is 11.8. The second kappa shape index (κ2) is 8.50. The van der Waals surface area contributed by atoms with Crippen LogP contribution in [0.2, 0.25) is 0 Å². The molecule has 1 rings (SSSR count). The highest BCUT2D eigenvalue weighted by Gasteiger charge is 2.09. The maximum atomic E-state index is 11.8. The molecule has 1 atom stereocenters. The Kier molecular flexibility index (Phi) is 6.92. The molecule has 0 bridgehead atoms. The van der Waals surface area contributed by atoms with Gasteiger partial charge >= 0.3 is 0 Å². The fourth-order valence-electron chi connectivity index (χ4n) is 1.65. The van der Waals surface area contributed by atoms with E-state index in [1.807, 2.05) is 6.92 Å². The standard InChI is InChI=1S/C14H21NO4/c1-3-19-13(10-16)8-9-15-14(17)11-4-6-12(18-2)7-5-11/h4-7,13,16H,3,8-10H2,1-2H3,(H,15,17)/t13-/m0/s1. The first-order chi connectivity index (χ1) is 9.21. The molecule has 0 fully saturated rings.